The highest BCUT2D eigenvalue weighted by Gasteiger charge is 2.33. The molecule has 2 fully saturated rings. The van der Waals surface area contributed by atoms with E-state index in [9.17, 15) is 14.7 Å². The number of rotatable bonds is 4. The molecule has 1 aromatic carbocycles. The number of nitrogens with one attached hydrogen (secondary N) is 2. The second kappa shape index (κ2) is 8.85. The number of hydrogen-bond acceptors (Lipinski definition) is 6. The predicted octanol–water partition coefficient (Wildman–Crippen LogP) is 3.36. The maximum atomic E-state index is 13.1. The quantitative estimate of drug-likeness (QED) is 0.661. The zero-order valence-corrected chi connectivity index (χ0v) is 18.7. The van der Waals surface area contributed by atoms with Gasteiger partial charge in [-0.15, -0.1) is 10.2 Å². The predicted molar refractivity (Wildman–Crippen MR) is 118 cm³/mol. The molecule has 10 nitrogen and oxygen atoms in total. The number of aromatic carboxylic acids is 1. The van der Waals surface area contributed by atoms with E-state index >= 15 is 0 Å². The molecule has 2 aliphatic heterocycles. The van der Waals surface area contributed by atoms with Crippen molar-refractivity contribution in [2.24, 2.45) is 11.3 Å². The Hall–Kier alpha value is -3.01. The Bertz CT molecular complexity index is 971. The molecule has 4 rings (SSSR count). The summed E-state index contributed by atoms with van der Waals surface area (Å²) in [5.41, 5.74) is 1.91. The van der Waals surface area contributed by atoms with Gasteiger partial charge in [-0.25, -0.2) is 9.59 Å². The van der Waals surface area contributed by atoms with E-state index in [1.165, 1.54) is 6.07 Å². The van der Waals surface area contributed by atoms with Crippen molar-refractivity contribution in [3.8, 4) is 11.4 Å². The average molecular weight is 443 g/mol. The summed E-state index contributed by atoms with van der Waals surface area (Å²) in [5, 5.41) is 26.9. The number of aromatic nitrogens is 4. The molecule has 172 valence electrons. The van der Waals surface area contributed by atoms with E-state index in [0.717, 1.165) is 12.8 Å². The SMILES string of the molecule is CC(C)(C)C1CCN(C(=O)Nc2ccc(C(=O)O)c(-c3nn[nH]n3)c2C2CCOC2)CC1. The molecule has 2 amide bonds. The molecule has 3 heterocycles. The lowest BCUT2D eigenvalue weighted by atomic mass is 9.75. The maximum Gasteiger partial charge on any atom is 0.336 e. The number of amides is 2. The highest BCUT2D eigenvalue weighted by atomic mass is 16.5. The van der Waals surface area contributed by atoms with Crippen molar-refractivity contribution in [3.05, 3.63) is 23.3 Å². The lowest BCUT2D eigenvalue weighted by Crippen LogP contribution is -2.43. The van der Waals surface area contributed by atoms with Crippen molar-refractivity contribution >= 4 is 17.7 Å². The van der Waals surface area contributed by atoms with Gasteiger partial charge in [0.05, 0.1) is 12.2 Å². The first-order valence-corrected chi connectivity index (χ1v) is 11.0. The number of carboxylic acids is 1. The first-order chi connectivity index (χ1) is 15.3. The molecule has 1 unspecified atom stereocenters. The summed E-state index contributed by atoms with van der Waals surface area (Å²) in [7, 11) is 0. The van der Waals surface area contributed by atoms with E-state index in [-0.39, 0.29) is 28.8 Å². The lowest BCUT2D eigenvalue weighted by Gasteiger charge is -2.38. The molecular formula is C22H30N6O4. The summed E-state index contributed by atoms with van der Waals surface area (Å²) in [6, 6.07) is 2.95. The third-order valence-corrected chi connectivity index (χ3v) is 6.63. The maximum absolute atomic E-state index is 13.1. The Morgan fingerprint density at radius 2 is 1.97 bits per heavy atom. The number of anilines is 1. The minimum absolute atomic E-state index is 0.0669. The number of carbonyl (C=O) groups excluding carboxylic acids is 1. The molecule has 0 aliphatic carbocycles. The zero-order chi connectivity index (χ0) is 22.9. The normalized spacial score (nSPS) is 19.8. The lowest BCUT2D eigenvalue weighted by molar-refractivity contribution is 0.0697. The number of ether oxygens (including phenoxy) is 1. The Balaban J connectivity index is 1.65. The highest BCUT2D eigenvalue weighted by Crippen LogP contribution is 2.40. The number of likely N-dealkylation sites (tertiary alicyclic amines) is 1. The first kappa shape index (κ1) is 22.2. The molecule has 2 aliphatic rings. The smallest absolute Gasteiger partial charge is 0.336 e. The van der Waals surface area contributed by atoms with Gasteiger partial charge < -0.3 is 20.1 Å². The number of carboxylic acid groups (broad SMARTS) is 1. The fourth-order valence-corrected chi connectivity index (χ4v) is 4.74. The number of nitrogens with zero attached hydrogens (tertiary/aromatic N) is 4. The Morgan fingerprint density at radius 1 is 1.22 bits per heavy atom. The van der Waals surface area contributed by atoms with Crippen LogP contribution in [-0.2, 0) is 4.74 Å². The number of urea groups is 1. The second-order valence-electron chi connectivity index (χ2n) is 9.61. The van der Waals surface area contributed by atoms with Crippen LogP contribution in [-0.4, -0.2) is 68.9 Å². The van der Waals surface area contributed by atoms with Crippen LogP contribution in [0.15, 0.2) is 12.1 Å². The van der Waals surface area contributed by atoms with Gasteiger partial charge in [0.2, 0.25) is 5.82 Å². The molecule has 0 bridgehead atoms. The third kappa shape index (κ3) is 4.45. The van der Waals surface area contributed by atoms with Crippen molar-refractivity contribution in [1.82, 2.24) is 25.5 Å². The van der Waals surface area contributed by atoms with E-state index in [2.05, 4.69) is 46.7 Å². The van der Waals surface area contributed by atoms with Crippen LogP contribution in [0.4, 0.5) is 10.5 Å². The number of tetrazole rings is 1. The molecule has 1 aromatic heterocycles. The zero-order valence-electron chi connectivity index (χ0n) is 18.7. The number of benzene rings is 1. The van der Waals surface area contributed by atoms with Crippen LogP contribution in [0.25, 0.3) is 11.4 Å². The van der Waals surface area contributed by atoms with Crippen molar-refractivity contribution in [3.63, 3.8) is 0 Å². The van der Waals surface area contributed by atoms with Gasteiger partial charge in [-0.2, -0.15) is 5.21 Å². The van der Waals surface area contributed by atoms with E-state index in [4.69, 9.17) is 4.74 Å². The molecule has 0 spiro atoms. The van der Waals surface area contributed by atoms with Gasteiger partial charge >= 0.3 is 12.0 Å². The molecule has 2 aromatic rings. The molecule has 1 atom stereocenters. The molecule has 3 N–H and O–H groups in total. The number of carbonyl (C=O) groups is 2. The minimum atomic E-state index is -1.09. The number of piperidine rings is 1. The molecule has 0 saturated carbocycles. The average Bonchev–Trinajstić information content (AvgIpc) is 3.47. The van der Waals surface area contributed by atoms with Crippen LogP contribution in [0.5, 0.6) is 0 Å². The van der Waals surface area contributed by atoms with Gasteiger partial charge in [-0.3, -0.25) is 0 Å². The Labute approximate surface area is 186 Å². The van der Waals surface area contributed by atoms with Crippen molar-refractivity contribution in [2.45, 2.75) is 46.0 Å². The highest BCUT2D eigenvalue weighted by molar-refractivity contribution is 5.99. The standard InChI is InChI=1S/C22H30N6O4/c1-22(2,3)14-6-9-28(10-7-14)21(31)23-16-5-4-15(20(29)30)18(19-24-26-27-25-19)17(16)13-8-11-32-12-13/h4-5,13-14H,6-12H2,1-3H3,(H,23,31)(H,29,30)(H,24,25,26,27). The molecular weight excluding hydrogens is 412 g/mol. The second-order valence-corrected chi connectivity index (χ2v) is 9.61. The van der Waals surface area contributed by atoms with Gasteiger partial charge in [-0.05, 0) is 53.5 Å². The van der Waals surface area contributed by atoms with E-state index in [1.807, 2.05) is 4.90 Å². The summed E-state index contributed by atoms with van der Waals surface area (Å²) in [6.07, 6.45) is 2.65. The van der Waals surface area contributed by atoms with Crippen molar-refractivity contribution < 1.29 is 19.4 Å². The summed E-state index contributed by atoms with van der Waals surface area (Å²) in [6.45, 7) is 9.13. The van der Waals surface area contributed by atoms with Gasteiger partial charge in [0.15, 0.2) is 0 Å². The Morgan fingerprint density at radius 3 is 2.53 bits per heavy atom. The molecule has 0 radical (unpaired) electrons. The van der Waals surface area contributed by atoms with Gasteiger partial charge in [-0.1, -0.05) is 20.8 Å². The van der Waals surface area contributed by atoms with Crippen molar-refractivity contribution in [2.75, 3.05) is 31.6 Å². The van der Waals surface area contributed by atoms with Crippen LogP contribution in [0.2, 0.25) is 0 Å². The topological polar surface area (TPSA) is 133 Å². The summed E-state index contributed by atoms with van der Waals surface area (Å²) in [4.78, 5) is 26.9. The van der Waals surface area contributed by atoms with E-state index < -0.39 is 5.97 Å². The summed E-state index contributed by atoms with van der Waals surface area (Å²) < 4.78 is 5.57. The number of hydrogen-bond donors (Lipinski definition) is 3. The van der Waals surface area contributed by atoms with Crippen molar-refractivity contribution in [1.29, 1.82) is 0 Å². The fraction of sp³-hybridized carbons (Fsp3) is 0.591. The van der Waals surface area contributed by atoms with Crippen LogP contribution >= 0.6 is 0 Å². The van der Waals surface area contributed by atoms with Gasteiger partial charge in [0, 0.05) is 36.9 Å². The van der Waals surface area contributed by atoms with Crippen LogP contribution < -0.4 is 5.32 Å². The van der Waals surface area contributed by atoms with Crippen LogP contribution in [0.1, 0.15) is 61.9 Å². The van der Waals surface area contributed by atoms with Crippen LogP contribution in [0, 0.1) is 11.3 Å². The van der Waals surface area contributed by atoms with Gasteiger partial charge in [0.1, 0.15) is 0 Å². The fourth-order valence-electron chi connectivity index (χ4n) is 4.74. The number of aromatic amines is 1. The monoisotopic (exact) mass is 442 g/mol. The molecule has 2 saturated heterocycles. The third-order valence-electron chi connectivity index (χ3n) is 6.63. The largest absolute Gasteiger partial charge is 0.478 e. The first-order valence-electron chi connectivity index (χ1n) is 11.0. The number of H-pyrrole nitrogens is 1. The Kier molecular flexibility index (Phi) is 6.14. The van der Waals surface area contributed by atoms with Crippen LogP contribution in [0.3, 0.4) is 0 Å². The van der Waals surface area contributed by atoms with Gasteiger partial charge in [0.25, 0.3) is 0 Å². The molecule has 10 heteroatoms. The minimum Gasteiger partial charge on any atom is -0.478 e. The summed E-state index contributed by atoms with van der Waals surface area (Å²) in [5.74, 6) is -0.402. The van der Waals surface area contributed by atoms with E-state index in [1.54, 1.807) is 6.07 Å². The summed E-state index contributed by atoms with van der Waals surface area (Å²) >= 11 is 0. The van der Waals surface area contributed by atoms with E-state index in [0.29, 0.717) is 55.5 Å². The molecule has 32 heavy (non-hydrogen) atoms.